The fourth-order valence-electron chi connectivity index (χ4n) is 2.61. The summed E-state index contributed by atoms with van der Waals surface area (Å²) in [5.74, 6) is 0. The molecule has 4 heteroatoms. The molecule has 1 aromatic heterocycles. The molecule has 20 heavy (non-hydrogen) atoms. The fourth-order valence-corrected chi connectivity index (χ4v) is 4.04. The maximum atomic E-state index is 3.51. The Morgan fingerprint density at radius 3 is 2.75 bits per heavy atom. The Hall–Kier alpha value is -0.840. The molecule has 0 bridgehead atoms. The molecule has 0 atom stereocenters. The summed E-state index contributed by atoms with van der Waals surface area (Å²) in [6, 6.07) is 13.1. The highest BCUT2D eigenvalue weighted by atomic mass is 79.9. The van der Waals surface area contributed by atoms with Crippen molar-refractivity contribution in [1.82, 2.24) is 4.90 Å². The highest BCUT2D eigenvalue weighted by Crippen LogP contribution is 2.23. The number of benzene rings is 1. The first-order valence-corrected chi connectivity index (χ1v) is 8.70. The summed E-state index contributed by atoms with van der Waals surface area (Å²) in [5, 5.41) is 3.51. The van der Waals surface area contributed by atoms with Gasteiger partial charge in [0.1, 0.15) is 0 Å². The van der Waals surface area contributed by atoms with Crippen LogP contribution in [0.1, 0.15) is 23.3 Å². The number of likely N-dealkylation sites (tertiary alicyclic amines) is 1. The zero-order chi connectivity index (χ0) is 13.8. The molecule has 0 radical (unpaired) electrons. The molecule has 1 saturated heterocycles. The molecule has 1 aliphatic heterocycles. The molecule has 1 aromatic carbocycles. The molecule has 2 aromatic rings. The second-order valence-corrected chi connectivity index (χ2v) is 7.79. The van der Waals surface area contributed by atoms with Crippen molar-refractivity contribution in [2.45, 2.75) is 25.9 Å². The number of thiophene rings is 1. The Morgan fingerprint density at radius 2 is 2.00 bits per heavy atom. The molecule has 0 unspecified atom stereocenters. The summed E-state index contributed by atoms with van der Waals surface area (Å²) in [6.07, 6.45) is 2.70. The van der Waals surface area contributed by atoms with Gasteiger partial charge in [0.25, 0.3) is 0 Å². The summed E-state index contributed by atoms with van der Waals surface area (Å²) in [4.78, 5) is 3.89. The minimum absolute atomic E-state index is 0.892. The lowest BCUT2D eigenvalue weighted by Crippen LogP contribution is -2.18. The molecule has 0 aliphatic carbocycles. The third-order valence-electron chi connectivity index (χ3n) is 3.63. The van der Waals surface area contributed by atoms with Gasteiger partial charge in [-0.2, -0.15) is 0 Å². The van der Waals surface area contributed by atoms with Crippen molar-refractivity contribution >= 4 is 33.0 Å². The van der Waals surface area contributed by atoms with Crippen molar-refractivity contribution in [3.05, 3.63) is 50.6 Å². The molecule has 2 heterocycles. The molecule has 0 spiro atoms. The van der Waals surface area contributed by atoms with Crippen LogP contribution in [0.3, 0.4) is 0 Å². The number of halogens is 1. The van der Waals surface area contributed by atoms with E-state index in [2.05, 4.69) is 62.5 Å². The van der Waals surface area contributed by atoms with Gasteiger partial charge in [0, 0.05) is 23.7 Å². The number of nitrogens with one attached hydrogen (secondary N) is 1. The van der Waals surface area contributed by atoms with Crippen LogP contribution in [-0.4, -0.2) is 18.0 Å². The predicted molar refractivity (Wildman–Crippen MR) is 90.3 cm³/mol. The summed E-state index contributed by atoms with van der Waals surface area (Å²) < 4.78 is 1.19. The van der Waals surface area contributed by atoms with Crippen LogP contribution in [0.2, 0.25) is 0 Å². The van der Waals surface area contributed by atoms with E-state index >= 15 is 0 Å². The second kappa shape index (κ2) is 6.74. The zero-order valence-corrected chi connectivity index (χ0v) is 13.8. The van der Waals surface area contributed by atoms with Crippen molar-refractivity contribution in [1.29, 1.82) is 0 Å². The van der Waals surface area contributed by atoms with E-state index in [1.807, 2.05) is 0 Å². The Kier molecular flexibility index (Phi) is 4.76. The van der Waals surface area contributed by atoms with Gasteiger partial charge in [-0.15, -0.1) is 11.3 Å². The van der Waals surface area contributed by atoms with E-state index in [0.717, 1.165) is 13.1 Å². The number of rotatable bonds is 5. The van der Waals surface area contributed by atoms with Crippen molar-refractivity contribution in [2.24, 2.45) is 0 Å². The molecule has 106 valence electrons. The van der Waals surface area contributed by atoms with Crippen LogP contribution in [0, 0.1) is 0 Å². The van der Waals surface area contributed by atoms with E-state index in [1.165, 1.54) is 45.8 Å². The molecular weight excluding hydrogens is 332 g/mol. The average Bonchev–Trinajstić information content (AvgIpc) is 3.09. The van der Waals surface area contributed by atoms with Gasteiger partial charge in [-0.3, -0.25) is 4.90 Å². The Balaban J connectivity index is 1.58. The third kappa shape index (κ3) is 3.84. The number of nitrogens with zero attached hydrogens (tertiary/aromatic N) is 1. The molecule has 1 fully saturated rings. The zero-order valence-electron chi connectivity index (χ0n) is 11.4. The normalized spacial score (nSPS) is 15.7. The van der Waals surface area contributed by atoms with Gasteiger partial charge in [0.2, 0.25) is 0 Å². The van der Waals surface area contributed by atoms with E-state index in [0.29, 0.717) is 0 Å². The highest BCUT2D eigenvalue weighted by Gasteiger charge is 2.11. The van der Waals surface area contributed by atoms with Crippen LogP contribution >= 0.6 is 27.3 Å². The first-order chi connectivity index (χ1) is 9.79. The van der Waals surface area contributed by atoms with Crippen LogP contribution in [0.15, 0.2) is 40.2 Å². The van der Waals surface area contributed by atoms with Crippen molar-refractivity contribution in [3.8, 4) is 0 Å². The highest BCUT2D eigenvalue weighted by molar-refractivity contribution is 9.11. The van der Waals surface area contributed by atoms with E-state index in [9.17, 15) is 0 Å². The molecule has 0 amide bonds. The maximum absolute atomic E-state index is 3.51. The van der Waals surface area contributed by atoms with Gasteiger partial charge >= 0.3 is 0 Å². The lowest BCUT2D eigenvalue weighted by Gasteiger charge is -2.15. The van der Waals surface area contributed by atoms with Gasteiger partial charge in [-0.05, 0) is 71.7 Å². The summed E-state index contributed by atoms with van der Waals surface area (Å²) in [7, 11) is 0. The largest absolute Gasteiger partial charge is 0.380 e. The molecular formula is C16H19BrN2S. The van der Waals surface area contributed by atoms with Gasteiger partial charge in [0.05, 0.1) is 3.79 Å². The SMILES string of the molecule is Brc1ccc(CNc2cccc(CN3CCCC3)c2)s1. The monoisotopic (exact) mass is 350 g/mol. The average molecular weight is 351 g/mol. The smallest absolute Gasteiger partial charge is 0.0702 e. The van der Waals surface area contributed by atoms with Gasteiger partial charge in [-0.1, -0.05) is 12.1 Å². The Morgan fingerprint density at radius 1 is 1.15 bits per heavy atom. The molecule has 2 nitrogen and oxygen atoms in total. The minimum Gasteiger partial charge on any atom is -0.380 e. The topological polar surface area (TPSA) is 15.3 Å². The van der Waals surface area contributed by atoms with E-state index in [4.69, 9.17) is 0 Å². The Bertz CT molecular complexity index is 561. The van der Waals surface area contributed by atoms with Crippen molar-refractivity contribution in [2.75, 3.05) is 18.4 Å². The van der Waals surface area contributed by atoms with Crippen LogP contribution in [0.5, 0.6) is 0 Å². The number of hydrogen-bond acceptors (Lipinski definition) is 3. The van der Waals surface area contributed by atoms with E-state index < -0.39 is 0 Å². The fraction of sp³-hybridized carbons (Fsp3) is 0.375. The summed E-state index contributed by atoms with van der Waals surface area (Å²) >= 11 is 5.29. The van der Waals surface area contributed by atoms with Crippen molar-refractivity contribution in [3.63, 3.8) is 0 Å². The maximum Gasteiger partial charge on any atom is 0.0702 e. The van der Waals surface area contributed by atoms with E-state index in [1.54, 1.807) is 11.3 Å². The second-order valence-electron chi connectivity index (χ2n) is 5.24. The van der Waals surface area contributed by atoms with Crippen LogP contribution in [-0.2, 0) is 13.1 Å². The van der Waals surface area contributed by atoms with Gasteiger partial charge < -0.3 is 5.32 Å². The first-order valence-electron chi connectivity index (χ1n) is 7.09. The van der Waals surface area contributed by atoms with Gasteiger partial charge in [-0.25, -0.2) is 0 Å². The minimum atomic E-state index is 0.892. The first kappa shape index (κ1) is 14.1. The lowest BCUT2D eigenvalue weighted by atomic mass is 10.2. The third-order valence-corrected chi connectivity index (χ3v) is 5.25. The number of hydrogen-bond donors (Lipinski definition) is 1. The molecule has 0 saturated carbocycles. The van der Waals surface area contributed by atoms with E-state index in [-0.39, 0.29) is 0 Å². The van der Waals surface area contributed by atoms with Crippen molar-refractivity contribution < 1.29 is 0 Å². The predicted octanol–water partition coefficient (Wildman–Crippen LogP) is 4.72. The number of anilines is 1. The molecule has 1 aliphatic rings. The van der Waals surface area contributed by atoms with Gasteiger partial charge in [0.15, 0.2) is 0 Å². The Labute approximate surface area is 132 Å². The van der Waals surface area contributed by atoms with Crippen LogP contribution in [0.4, 0.5) is 5.69 Å². The molecule has 1 N–H and O–H groups in total. The lowest BCUT2D eigenvalue weighted by molar-refractivity contribution is 0.331. The summed E-state index contributed by atoms with van der Waals surface area (Å²) in [6.45, 7) is 4.48. The quantitative estimate of drug-likeness (QED) is 0.839. The molecule has 3 rings (SSSR count). The van der Waals surface area contributed by atoms with Crippen LogP contribution in [0.25, 0.3) is 0 Å². The summed E-state index contributed by atoms with van der Waals surface area (Å²) in [5.41, 5.74) is 2.62. The van der Waals surface area contributed by atoms with Crippen LogP contribution < -0.4 is 5.32 Å². The standard InChI is InChI=1S/C16H19BrN2S/c17-16-7-6-15(20-16)11-18-14-5-3-4-13(10-14)12-19-8-1-2-9-19/h3-7,10,18H,1-2,8-9,11-12H2.